The molecule has 2 aromatic rings. The van der Waals surface area contributed by atoms with Crippen LogP contribution in [0.3, 0.4) is 0 Å². The molecule has 1 aliphatic carbocycles. The lowest BCUT2D eigenvalue weighted by atomic mass is 9.76. The van der Waals surface area contributed by atoms with Crippen LogP contribution in [0.2, 0.25) is 0 Å². The van der Waals surface area contributed by atoms with Crippen LogP contribution in [0.1, 0.15) is 44.7 Å². The van der Waals surface area contributed by atoms with Gasteiger partial charge in [0.15, 0.2) is 0 Å². The fourth-order valence-electron chi connectivity index (χ4n) is 4.30. The molecule has 2 aliphatic heterocycles. The van der Waals surface area contributed by atoms with E-state index in [9.17, 15) is 0 Å². The van der Waals surface area contributed by atoms with Crippen LogP contribution in [0.15, 0.2) is 89.6 Å². The molecule has 0 spiro atoms. The third kappa shape index (κ3) is 3.56. The molecule has 0 amide bonds. The zero-order chi connectivity index (χ0) is 22.5. The van der Waals surface area contributed by atoms with Gasteiger partial charge < -0.3 is 14.2 Å². The summed E-state index contributed by atoms with van der Waals surface area (Å²) >= 11 is 0. The van der Waals surface area contributed by atoms with Gasteiger partial charge in [0.2, 0.25) is 0 Å². The highest BCUT2D eigenvalue weighted by Crippen LogP contribution is 2.38. The molecule has 2 bridgehead atoms. The lowest BCUT2D eigenvalue weighted by molar-refractivity contribution is 0.00578. The quantitative estimate of drug-likeness (QED) is 0.629. The van der Waals surface area contributed by atoms with Crippen LogP contribution < -0.4 is 5.46 Å². The Kier molecular flexibility index (Phi) is 4.99. The Morgan fingerprint density at radius 2 is 1.66 bits per heavy atom. The molecule has 0 aromatic heterocycles. The first-order valence-corrected chi connectivity index (χ1v) is 11.2. The number of para-hydroxylation sites is 1. The molecular weight excluding hydrogens is 395 g/mol. The van der Waals surface area contributed by atoms with E-state index in [1.807, 2.05) is 30.3 Å². The molecule has 0 radical (unpaired) electrons. The first kappa shape index (κ1) is 21.0. The van der Waals surface area contributed by atoms with E-state index in [1.54, 1.807) is 0 Å². The number of hydrogen-bond donors (Lipinski definition) is 0. The number of benzene rings is 2. The van der Waals surface area contributed by atoms with Crippen LogP contribution in [-0.2, 0) is 9.31 Å². The fourth-order valence-corrected chi connectivity index (χ4v) is 4.30. The summed E-state index contributed by atoms with van der Waals surface area (Å²) < 4.78 is 12.7. The molecule has 5 heteroatoms. The third-order valence-corrected chi connectivity index (χ3v) is 6.94. The Morgan fingerprint density at radius 1 is 0.938 bits per heavy atom. The number of allylic oxidation sites excluding steroid dienone is 5. The van der Waals surface area contributed by atoms with Gasteiger partial charge in [-0.3, -0.25) is 0 Å². The number of hydrogen-bond acceptors (Lipinski definition) is 3. The van der Waals surface area contributed by atoms with Gasteiger partial charge in [0, 0.05) is 24.2 Å². The van der Waals surface area contributed by atoms with E-state index in [2.05, 4.69) is 88.2 Å². The summed E-state index contributed by atoms with van der Waals surface area (Å²) in [5.74, 6) is 1.07. The van der Waals surface area contributed by atoms with Crippen molar-refractivity contribution in [2.75, 3.05) is 7.05 Å². The van der Waals surface area contributed by atoms with Crippen molar-refractivity contribution >= 4 is 24.1 Å². The molecule has 2 heterocycles. The van der Waals surface area contributed by atoms with Gasteiger partial charge >= 0.3 is 7.12 Å². The van der Waals surface area contributed by atoms with Gasteiger partial charge in [-0.05, 0) is 63.0 Å². The van der Waals surface area contributed by atoms with Crippen LogP contribution in [-0.4, -0.2) is 36.1 Å². The van der Waals surface area contributed by atoms with Crippen molar-refractivity contribution in [2.45, 2.75) is 44.8 Å². The van der Waals surface area contributed by atoms with Gasteiger partial charge in [0.05, 0.1) is 16.9 Å². The Hall–Kier alpha value is -2.89. The number of amidine groups is 1. The first-order chi connectivity index (χ1) is 15.2. The number of rotatable bonds is 2. The minimum Gasteiger partial charge on any atom is -0.399 e. The van der Waals surface area contributed by atoms with Gasteiger partial charge in [-0.25, -0.2) is 4.99 Å². The molecule has 1 saturated heterocycles. The molecule has 0 saturated carbocycles. The molecule has 1 atom stereocenters. The minimum atomic E-state index is -0.392. The summed E-state index contributed by atoms with van der Waals surface area (Å²) in [6.45, 7) is 8.35. The second-order valence-corrected chi connectivity index (χ2v) is 9.63. The van der Waals surface area contributed by atoms with E-state index in [4.69, 9.17) is 14.3 Å². The van der Waals surface area contributed by atoms with Gasteiger partial charge in [-0.1, -0.05) is 54.6 Å². The predicted octanol–water partition coefficient (Wildman–Crippen LogP) is 5.10. The van der Waals surface area contributed by atoms with E-state index in [0.717, 1.165) is 28.2 Å². The summed E-state index contributed by atoms with van der Waals surface area (Å²) in [5, 5.41) is 0. The highest BCUT2D eigenvalue weighted by molar-refractivity contribution is 6.62. The second-order valence-electron chi connectivity index (χ2n) is 9.63. The van der Waals surface area contributed by atoms with E-state index < -0.39 is 7.12 Å². The molecule has 3 aliphatic rings. The summed E-state index contributed by atoms with van der Waals surface area (Å²) in [4.78, 5) is 7.22. The predicted molar refractivity (Wildman–Crippen MR) is 132 cm³/mol. The standard InChI is InChI=1S/C27H29BN2O2/c1-26(2)27(3,4)32-28(31-26)20-15-16-23-24(18-20)19-11-9-10-14-22(17-19)30(5)25(23)29-21-12-7-6-8-13-21/h6-19H,1-5H3. The molecule has 4 nitrogen and oxygen atoms in total. The average Bonchev–Trinajstić information content (AvgIpc) is 2.94. The molecule has 0 N–H and O–H groups in total. The number of nitrogens with zero attached hydrogens (tertiary/aromatic N) is 2. The third-order valence-electron chi connectivity index (χ3n) is 6.94. The molecule has 5 rings (SSSR count). The largest absolute Gasteiger partial charge is 0.494 e. The second kappa shape index (κ2) is 7.61. The normalized spacial score (nSPS) is 24.2. The maximum Gasteiger partial charge on any atom is 0.494 e. The van der Waals surface area contributed by atoms with E-state index in [-0.39, 0.29) is 17.1 Å². The fraction of sp³-hybridized carbons (Fsp3) is 0.296. The Bertz CT molecular complexity index is 1150. The zero-order valence-corrected chi connectivity index (χ0v) is 19.4. The molecular formula is C27H29BN2O2. The van der Waals surface area contributed by atoms with Gasteiger partial charge in [0.1, 0.15) is 5.84 Å². The van der Waals surface area contributed by atoms with Gasteiger partial charge in [-0.2, -0.15) is 0 Å². The van der Waals surface area contributed by atoms with Crippen LogP contribution >= 0.6 is 0 Å². The van der Waals surface area contributed by atoms with Gasteiger partial charge in [0.25, 0.3) is 0 Å². The summed E-state index contributed by atoms with van der Waals surface area (Å²) in [6.07, 6.45) is 10.9. The summed E-state index contributed by atoms with van der Waals surface area (Å²) in [5.41, 5.74) is 4.68. The SMILES string of the molecule is CN1C2=CC(C=CC=C2)c2cc(B3OC(C)(C)C(C)(C)O3)ccc2C1=Nc1ccccc1. The molecule has 1 fully saturated rings. The number of likely N-dealkylation sites (N-methyl/N-ethyl adjacent to an activating group) is 1. The Labute approximate surface area is 191 Å². The highest BCUT2D eigenvalue weighted by Gasteiger charge is 2.51. The molecule has 32 heavy (non-hydrogen) atoms. The van der Waals surface area contributed by atoms with E-state index in [0.29, 0.717) is 0 Å². The van der Waals surface area contributed by atoms with Crippen LogP contribution in [0.5, 0.6) is 0 Å². The topological polar surface area (TPSA) is 34.1 Å². The first-order valence-electron chi connectivity index (χ1n) is 11.2. The van der Waals surface area contributed by atoms with Crippen LogP contribution in [0.4, 0.5) is 5.69 Å². The lowest BCUT2D eigenvalue weighted by Gasteiger charge is -2.32. The number of aliphatic imine (C=N–C) groups is 1. The summed E-state index contributed by atoms with van der Waals surface area (Å²) in [6, 6.07) is 16.6. The van der Waals surface area contributed by atoms with Crippen LogP contribution in [0, 0.1) is 0 Å². The van der Waals surface area contributed by atoms with Crippen molar-refractivity contribution in [3.63, 3.8) is 0 Å². The smallest absolute Gasteiger partial charge is 0.399 e. The maximum absolute atomic E-state index is 6.34. The molecule has 2 aromatic carbocycles. The van der Waals surface area contributed by atoms with Crippen molar-refractivity contribution < 1.29 is 9.31 Å². The summed E-state index contributed by atoms with van der Waals surface area (Å²) in [7, 11) is 1.69. The maximum atomic E-state index is 6.34. The monoisotopic (exact) mass is 424 g/mol. The zero-order valence-electron chi connectivity index (χ0n) is 19.4. The van der Waals surface area contributed by atoms with Crippen molar-refractivity contribution in [1.29, 1.82) is 0 Å². The Morgan fingerprint density at radius 3 is 2.38 bits per heavy atom. The van der Waals surface area contributed by atoms with E-state index in [1.165, 1.54) is 5.56 Å². The molecule has 162 valence electrons. The average molecular weight is 424 g/mol. The lowest BCUT2D eigenvalue weighted by Crippen LogP contribution is -2.41. The van der Waals surface area contributed by atoms with Crippen LogP contribution in [0.25, 0.3) is 0 Å². The van der Waals surface area contributed by atoms with E-state index >= 15 is 0 Å². The molecule has 1 unspecified atom stereocenters. The van der Waals surface area contributed by atoms with Crippen molar-refractivity contribution in [3.8, 4) is 0 Å². The van der Waals surface area contributed by atoms with Crippen molar-refractivity contribution in [1.82, 2.24) is 4.90 Å². The minimum absolute atomic E-state index is 0.142. The number of fused-ring (bicyclic) bond motifs is 3. The Balaban J connectivity index is 1.64. The van der Waals surface area contributed by atoms with Gasteiger partial charge in [-0.15, -0.1) is 0 Å². The van der Waals surface area contributed by atoms with Crippen molar-refractivity contribution in [3.05, 3.63) is 95.7 Å². The highest BCUT2D eigenvalue weighted by atomic mass is 16.7. The van der Waals surface area contributed by atoms with Crippen molar-refractivity contribution in [2.24, 2.45) is 4.99 Å².